The number of hydrogen-bond donors (Lipinski definition) is 2. The van der Waals surface area contributed by atoms with Crippen LogP contribution in [0, 0.1) is 5.82 Å². The lowest BCUT2D eigenvalue weighted by Crippen LogP contribution is -2.32. The average molecular weight is 535 g/mol. The zero-order valence-corrected chi connectivity index (χ0v) is 19.5. The largest absolute Gasteiger partial charge is 0.481 e. The highest BCUT2D eigenvalue weighted by atomic mass is 32.2. The van der Waals surface area contributed by atoms with E-state index >= 15 is 0 Å². The summed E-state index contributed by atoms with van der Waals surface area (Å²) < 4.78 is 86.4. The Labute approximate surface area is 207 Å². The molecule has 0 radical (unpaired) electrons. The Balaban J connectivity index is 2.01. The van der Waals surface area contributed by atoms with E-state index in [-0.39, 0.29) is 16.7 Å². The Bertz CT molecular complexity index is 1630. The van der Waals surface area contributed by atoms with Gasteiger partial charge in [0.05, 0.1) is 17.5 Å². The number of benzene rings is 2. The fraction of sp³-hybridized carbons (Fsp3) is 0.125. The van der Waals surface area contributed by atoms with Gasteiger partial charge in [-0.05, 0) is 47.5 Å². The number of rotatable bonds is 7. The number of aliphatic carboxylic acids is 1. The van der Waals surface area contributed by atoms with Gasteiger partial charge < -0.3 is 5.11 Å². The number of halogens is 4. The molecule has 0 bridgehead atoms. The summed E-state index contributed by atoms with van der Waals surface area (Å²) in [5, 5.41) is 12.8. The molecule has 2 N–H and O–H groups in total. The molecular weight excluding hydrogens is 518 g/mol. The van der Waals surface area contributed by atoms with Crippen LogP contribution < -0.4 is 4.72 Å². The standard InChI is InChI=1S/C24H17F4N3O5S/c25-16-4-1-3-14(11-16)18-12-15(17-5-2-10-31-20(17)8-9-29-31)13-19(24(26,27)28)23(18)37(35,36)30-21(32)6-7-22(33)34/h1-5,8-13H,6-7H2,(H,30,32)(H,33,34). The maximum absolute atomic E-state index is 14.3. The summed E-state index contributed by atoms with van der Waals surface area (Å²) in [6.45, 7) is 0. The molecule has 2 aromatic carbocycles. The van der Waals surface area contributed by atoms with Gasteiger partial charge in [-0.25, -0.2) is 22.0 Å². The number of aromatic nitrogens is 2. The Morgan fingerprint density at radius 2 is 1.73 bits per heavy atom. The van der Waals surface area contributed by atoms with Crippen LogP contribution >= 0.6 is 0 Å². The first-order valence-electron chi connectivity index (χ1n) is 10.6. The molecule has 8 nitrogen and oxygen atoms in total. The second kappa shape index (κ2) is 9.65. The van der Waals surface area contributed by atoms with Crippen molar-refractivity contribution in [2.75, 3.05) is 0 Å². The lowest BCUT2D eigenvalue weighted by Gasteiger charge is -2.20. The smallest absolute Gasteiger partial charge is 0.417 e. The predicted molar refractivity (Wildman–Crippen MR) is 123 cm³/mol. The van der Waals surface area contributed by atoms with Crippen molar-refractivity contribution in [2.24, 2.45) is 0 Å². The van der Waals surface area contributed by atoms with Gasteiger partial charge in [0.15, 0.2) is 0 Å². The number of nitrogens with one attached hydrogen (secondary N) is 1. The molecule has 2 heterocycles. The van der Waals surface area contributed by atoms with Crippen LogP contribution in [0.2, 0.25) is 0 Å². The third kappa shape index (κ3) is 5.45. The molecule has 13 heteroatoms. The zero-order valence-electron chi connectivity index (χ0n) is 18.7. The van der Waals surface area contributed by atoms with Gasteiger partial charge in [-0.15, -0.1) is 0 Å². The molecule has 0 saturated carbocycles. The van der Waals surface area contributed by atoms with Gasteiger partial charge in [-0.1, -0.05) is 18.2 Å². The minimum atomic E-state index is -5.21. The van der Waals surface area contributed by atoms with Gasteiger partial charge >= 0.3 is 12.1 Å². The van der Waals surface area contributed by atoms with E-state index in [1.807, 2.05) is 0 Å². The third-order valence-corrected chi connectivity index (χ3v) is 6.83. The molecule has 0 unspecified atom stereocenters. The molecule has 4 aromatic rings. The monoisotopic (exact) mass is 535 g/mol. The third-order valence-electron chi connectivity index (χ3n) is 5.36. The minimum absolute atomic E-state index is 0.0335. The van der Waals surface area contributed by atoms with Crippen molar-refractivity contribution in [2.45, 2.75) is 23.9 Å². The minimum Gasteiger partial charge on any atom is -0.481 e. The lowest BCUT2D eigenvalue weighted by atomic mass is 9.95. The van der Waals surface area contributed by atoms with Crippen LogP contribution in [0.5, 0.6) is 0 Å². The van der Waals surface area contributed by atoms with E-state index in [1.165, 1.54) is 39.7 Å². The number of nitrogens with zero attached hydrogens (tertiary/aromatic N) is 2. The normalized spacial score (nSPS) is 12.0. The van der Waals surface area contributed by atoms with E-state index < -0.39 is 62.8 Å². The number of sulfonamides is 1. The Hall–Kier alpha value is -4.26. The molecule has 2 aromatic heterocycles. The van der Waals surface area contributed by atoms with Gasteiger partial charge in [-0.3, -0.25) is 9.59 Å². The second-order valence-electron chi connectivity index (χ2n) is 7.91. The molecule has 1 amide bonds. The van der Waals surface area contributed by atoms with E-state index in [0.717, 1.165) is 18.2 Å². The van der Waals surface area contributed by atoms with Crippen LogP contribution in [-0.4, -0.2) is 35.0 Å². The van der Waals surface area contributed by atoms with E-state index in [2.05, 4.69) is 5.10 Å². The summed E-state index contributed by atoms with van der Waals surface area (Å²) in [5.74, 6) is -3.54. The summed E-state index contributed by atoms with van der Waals surface area (Å²) in [5.41, 5.74) is -1.61. The van der Waals surface area contributed by atoms with Gasteiger partial charge in [0.25, 0.3) is 10.0 Å². The number of carboxylic acid groups (broad SMARTS) is 1. The van der Waals surface area contributed by atoms with Crippen molar-refractivity contribution < 1.29 is 40.7 Å². The maximum atomic E-state index is 14.3. The average Bonchev–Trinajstić information content (AvgIpc) is 3.30. The molecule has 0 spiro atoms. The van der Waals surface area contributed by atoms with E-state index in [9.17, 15) is 35.6 Å². The van der Waals surface area contributed by atoms with Crippen molar-refractivity contribution in [1.82, 2.24) is 14.3 Å². The maximum Gasteiger partial charge on any atom is 0.417 e. The topological polar surface area (TPSA) is 118 Å². The molecule has 4 rings (SSSR count). The molecule has 0 fully saturated rings. The molecule has 37 heavy (non-hydrogen) atoms. The summed E-state index contributed by atoms with van der Waals surface area (Å²) in [6.07, 6.45) is -3.73. The van der Waals surface area contributed by atoms with Gasteiger partial charge in [0.2, 0.25) is 5.91 Å². The Morgan fingerprint density at radius 1 is 0.973 bits per heavy atom. The summed E-state index contributed by atoms with van der Waals surface area (Å²) in [7, 11) is -5.20. The Kier molecular flexibility index (Phi) is 6.74. The van der Waals surface area contributed by atoms with Crippen molar-refractivity contribution in [3.8, 4) is 22.3 Å². The number of carboxylic acids is 1. The van der Waals surface area contributed by atoms with Crippen molar-refractivity contribution in [3.05, 3.63) is 78.4 Å². The van der Waals surface area contributed by atoms with E-state index in [1.54, 1.807) is 12.3 Å². The molecule has 0 saturated heterocycles. The van der Waals surface area contributed by atoms with Gasteiger partial charge in [-0.2, -0.15) is 18.3 Å². The summed E-state index contributed by atoms with van der Waals surface area (Å²) in [4.78, 5) is 21.5. The first kappa shape index (κ1) is 25.8. The fourth-order valence-electron chi connectivity index (χ4n) is 3.82. The predicted octanol–water partition coefficient (Wildman–Crippen LogP) is 4.50. The molecule has 0 aliphatic heterocycles. The SMILES string of the molecule is O=C(O)CCC(=O)NS(=O)(=O)c1c(-c2cccc(F)c2)cc(-c2cccn3nccc23)cc1C(F)(F)F. The molecule has 0 atom stereocenters. The van der Waals surface area contributed by atoms with Gasteiger partial charge in [0, 0.05) is 29.9 Å². The fourth-order valence-corrected chi connectivity index (χ4v) is 5.26. The molecule has 192 valence electrons. The number of hydrogen-bond acceptors (Lipinski definition) is 5. The highest BCUT2D eigenvalue weighted by Gasteiger charge is 2.40. The van der Waals surface area contributed by atoms with E-state index in [4.69, 9.17) is 5.11 Å². The highest BCUT2D eigenvalue weighted by molar-refractivity contribution is 7.90. The Morgan fingerprint density at radius 3 is 2.41 bits per heavy atom. The first-order valence-corrected chi connectivity index (χ1v) is 12.1. The van der Waals surface area contributed by atoms with Crippen LogP contribution in [-0.2, 0) is 25.8 Å². The van der Waals surface area contributed by atoms with Crippen LogP contribution in [0.3, 0.4) is 0 Å². The van der Waals surface area contributed by atoms with Crippen LogP contribution in [0.1, 0.15) is 18.4 Å². The van der Waals surface area contributed by atoms with Crippen LogP contribution in [0.4, 0.5) is 17.6 Å². The van der Waals surface area contributed by atoms with E-state index in [0.29, 0.717) is 11.6 Å². The number of amides is 1. The van der Waals surface area contributed by atoms with Gasteiger partial charge in [0.1, 0.15) is 10.7 Å². The quantitative estimate of drug-likeness (QED) is 0.337. The summed E-state index contributed by atoms with van der Waals surface area (Å²) >= 11 is 0. The number of carbonyl (C=O) groups excluding carboxylic acids is 1. The second-order valence-corrected chi connectivity index (χ2v) is 9.53. The first-order chi connectivity index (χ1) is 17.4. The number of pyridine rings is 1. The zero-order chi connectivity index (χ0) is 27.0. The van der Waals surface area contributed by atoms with Crippen molar-refractivity contribution in [3.63, 3.8) is 0 Å². The van der Waals surface area contributed by atoms with Crippen molar-refractivity contribution >= 4 is 27.4 Å². The van der Waals surface area contributed by atoms with Crippen LogP contribution in [0.25, 0.3) is 27.8 Å². The van der Waals surface area contributed by atoms with Crippen molar-refractivity contribution in [1.29, 1.82) is 0 Å². The number of alkyl halides is 3. The molecular formula is C24H17F4N3O5S. The molecule has 0 aliphatic rings. The lowest BCUT2D eigenvalue weighted by molar-refractivity contribution is -0.140. The number of fused-ring (bicyclic) bond motifs is 1. The summed E-state index contributed by atoms with van der Waals surface area (Å²) in [6, 6.07) is 10.7. The molecule has 0 aliphatic carbocycles. The number of carbonyl (C=O) groups is 2. The van der Waals surface area contributed by atoms with Crippen LogP contribution in [0.15, 0.2) is 71.9 Å². The highest BCUT2D eigenvalue weighted by Crippen LogP contribution is 2.43.